The van der Waals surface area contributed by atoms with E-state index in [9.17, 15) is 18.0 Å². The van der Waals surface area contributed by atoms with Crippen molar-refractivity contribution in [3.63, 3.8) is 0 Å². The number of nitrogens with one attached hydrogen (secondary N) is 1. The average molecular weight is 679 g/mol. The van der Waals surface area contributed by atoms with Crippen LogP contribution < -0.4 is 9.62 Å². The molecule has 1 aliphatic rings. The van der Waals surface area contributed by atoms with Gasteiger partial charge >= 0.3 is 0 Å². The summed E-state index contributed by atoms with van der Waals surface area (Å²) in [5.41, 5.74) is 2.72. The summed E-state index contributed by atoms with van der Waals surface area (Å²) >= 11 is 12.8. The van der Waals surface area contributed by atoms with Crippen LogP contribution in [0.2, 0.25) is 10.0 Å². The van der Waals surface area contributed by atoms with Crippen molar-refractivity contribution in [1.29, 1.82) is 0 Å². The number of hydrogen-bond donors (Lipinski definition) is 1. The minimum Gasteiger partial charge on any atom is -0.352 e. The Morgan fingerprint density at radius 3 is 2.13 bits per heavy atom. The lowest BCUT2D eigenvalue weighted by Gasteiger charge is -2.34. The Bertz CT molecular complexity index is 1750. The van der Waals surface area contributed by atoms with Crippen molar-refractivity contribution in [2.24, 2.45) is 0 Å². The molecule has 5 rings (SSSR count). The number of halogens is 2. The van der Waals surface area contributed by atoms with E-state index in [1.165, 1.54) is 17.0 Å². The van der Waals surface area contributed by atoms with Gasteiger partial charge in [0.15, 0.2) is 0 Å². The fraction of sp³-hybridized carbons (Fsp3) is 0.278. The van der Waals surface area contributed by atoms with Gasteiger partial charge in [-0.2, -0.15) is 0 Å². The highest BCUT2D eigenvalue weighted by Gasteiger charge is 2.35. The first-order valence-electron chi connectivity index (χ1n) is 15.3. The van der Waals surface area contributed by atoms with Crippen LogP contribution >= 0.6 is 23.2 Å². The molecule has 1 fully saturated rings. The van der Waals surface area contributed by atoms with Crippen molar-refractivity contribution in [2.75, 3.05) is 10.8 Å². The van der Waals surface area contributed by atoms with E-state index in [2.05, 4.69) is 5.32 Å². The highest BCUT2D eigenvalue weighted by atomic mass is 35.5. The Hall–Kier alpha value is -3.85. The van der Waals surface area contributed by atoms with Crippen LogP contribution in [-0.2, 0) is 32.6 Å². The lowest BCUT2D eigenvalue weighted by atomic mass is 10.0. The molecule has 10 heteroatoms. The molecule has 0 heterocycles. The predicted octanol–water partition coefficient (Wildman–Crippen LogP) is 7.20. The number of rotatable bonds is 12. The zero-order valence-electron chi connectivity index (χ0n) is 25.6. The van der Waals surface area contributed by atoms with Crippen LogP contribution in [0.25, 0.3) is 0 Å². The first kappa shape index (κ1) is 33.5. The van der Waals surface area contributed by atoms with Crippen molar-refractivity contribution >= 4 is 50.7 Å². The van der Waals surface area contributed by atoms with Gasteiger partial charge < -0.3 is 10.2 Å². The Balaban J connectivity index is 1.57. The van der Waals surface area contributed by atoms with Crippen LogP contribution in [0.5, 0.6) is 0 Å². The van der Waals surface area contributed by atoms with Gasteiger partial charge in [-0.1, -0.05) is 108 Å². The maximum atomic E-state index is 14.6. The van der Waals surface area contributed by atoms with Crippen LogP contribution in [0.3, 0.4) is 0 Å². The lowest BCUT2D eigenvalue weighted by Crippen LogP contribution is -2.54. The molecule has 0 aliphatic heterocycles. The maximum Gasteiger partial charge on any atom is 0.264 e. The molecule has 0 radical (unpaired) electrons. The van der Waals surface area contributed by atoms with E-state index in [1.807, 2.05) is 37.3 Å². The van der Waals surface area contributed by atoms with Crippen LogP contribution in [0.4, 0.5) is 5.69 Å². The second-order valence-corrected chi connectivity index (χ2v) is 14.3. The second kappa shape index (κ2) is 15.2. The van der Waals surface area contributed by atoms with Crippen molar-refractivity contribution in [1.82, 2.24) is 10.2 Å². The normalized spacial score (nSPS) is 14.1. The first-order valence-corrected chi connectivity index (χ1v) is 17.5. The Labute approximate surface area is 281 Å². The van der Waals surface area contributed by atoms with E-state index >= 15 is 0 Å². The van der Waals surface area contributed by atoms with Gasteiger partial charge in [0.2, 0.25) is 11.8 Å². The standard InChI is InChI=1S/C36H37Cl2N3O4S/c1-26-16-20-31(21-17-26)41(46(44,45)32-14-6-3-7-15-32)25-35(42)40(24-28-18-19-29(37)23-33(28)38)34(22-27-10-4-2-5-11-27)36(43)39-30-12-8-9-13-30/h2-7,10-11,14-21,23,30,34H,8-9,12-13,22,24-25H2,1H3,(H,39,43)/t34-/m0/s1. The summed E-state index contributed by atoms with van der Waals surface area (Å²) in [6.45, 7) is 1.34. The summed E-state index contributed by atoms with van der Waals surface area (Å²) in [6, 6.07) is 28.5. The zero-order valence-corrected chi connectivity index (χ0v) is 27.9. The third-order valence-electron chi connectivity index (χ3n) is 8.26. The van der Waals surface area contributed by atoms with E-state index in [4.69, 9.17) is 23.2 Å². The third kappa shape index (κ3) is 8.29. The predicted molar refractivity (Wildman–Crippen MR) is 183 cm³/mol. The van der Waals surface area contributed by atoms with Crippen LogP contribution in [0.15, 0.2) is 108 Å². The van der Waals surface area contributed by atoms with Crippen molar-refractivity contribution in [2.45, 2.75) is 62.6 Å². The average Bonchev–Trinajstić information content (AvgIpc) is 3.57. The zero-order chi connectivity index (χ0) is 32.7. The number of carbonyl (C=O) groups excluding carboxylic acids is 2. The topological polar surface area (TPSA) is 86.8 Å². The minimum atomic E-state index is -4.16. The van der Waals surface area contributed by atoms with E-state index in [0.717, 1.165) is 41.1 Å². The van der Waals surface area contributed by atoms with Crippen molar-refractivity contribution < 1.29 is 18.0 Å². The molecular formula is C36H37Cl2N3O4S. The molecule has 0 aromatic heterocycles. The van der Waals surface area contributed by atoms with Gasteiger partial charge in [-0.15, -0.1) is 0 Å². The van der Waals surface area contributed by atoms with Gasteiger partial charge in [-0.05, 0) is 67.3 Å². The Kier molecular flexibility index (Phi) is 11.0. The number of anilines is 1. The summed E-state index contributed by atoms with van der Waals surface area (Å²) in [5.74, 6) is -0.837. The summed E-state index contributed by atoms with van der Waals surface area (Å²) in [5, 5.41) is 3.95. The fourth-order valence-electron chi connectivity index (χ4n) is 5.71. The maximum absolute atomic E-state index is 14.6. The second-order valence-electron chi connectivity index (χ2n) is 11.6. The largest absolute Gasteiger partial charge is 0.352 e. The SMILES string of the molecule is Cc1ccc(N(CC(=O)N(Cc2ccc(Cl)cc2Cl)[C@@H](Cc2ccccc2)C(=O)NC2CCCC2)S(=O)(=O)c2ccccc2)cc1. The number of hydrogen-bond acceptors (Lipinski definition) is 4. The van der Waals surface area contributed by atoms with Gasteiger partial charge in [0.05, 0.1) is 10.6 Å². The third-order valence-corrected chi connectivity index (χ3v) is 10.6. The van der Waals surface area contributed by atoms with E-state index < -0.39 is 28.5 Å². The molecule has 0 spiro atoms. The lowest BCUT2D eigenvalue weighted by molar-refractivity contribution is -0.140. The molecule has 0 bridgehead atoms. The number of benzene rings is 4. The molecule has 240 valence electrons. The van der Waals surface area contributed by atoms with E-state index in [1.54, 1.807) is 60.7 Å². The van der Waals surface area contributed by atoms with Crippen LogP contribution in [0, 0.1) is 6.92 Å². The molecule has 7 nitrogen and oxygen atoms in total. The molecule has 1 atom stereocenters. The van der Waals surface area contributed by atoms with Crippen molar-refractivity contribution in [3.8, 4) is 0 Å². The van der Waals surface area contributed by atoms with Gasteiger partial charge in [0, 0.05) is 29.1 Å². The van der Waals surface area contributed by atoms with Gasteiger partial charge in [-0.3, -0.25) is 13.9 Å². The van der Waals surface area contributed by atoms with Crippen LogP contribution in [0.1, 0.15) is 42.4 Å². The Morgan fingerprint density at radius 1 is 0.870 bits per heavy atom. The van der Waals surface area contributed by atoms with Crippen molar-refractivity contribution in [3.05, 3.63) is 130 Å². The molecule has 4 aromatic carbocycles. The molecule has 2 amide bonds. The van der Waals surface area contributed by atoms with Gasteiger partial charge in [0.25, 0.3) is 10.0 Å². The summed E-state index contributed by atoms with van der Waals surface area (Å²) < 4.78 is 29.3. The number of nitrogens with zero attached hydrogens (tertiary/aromatic N) is 2. The molecule has 1 saturated carbocycles. The highest BCUT2D eigenvalue weighted by Crippen LogP contribution is 2.28. The first-order chi connectivity index (χ1) is 22.1. The molecule has 0 saturated heterocycles. The van der Waals surface area contributed by atoms with Gasteiger partial charge in [-0.25, -0.2) is 8.42 Å². The molecular weight excluding hydrogens is 641 g/mol. The number of sulfonamides is 1. The minimum absolute atomic E-state index is 0.0179. The van der Waals surface area contributed by atoms with E-state index in [-0.39, 0.29) is 29.8 Å². The number of amides is 2. The molecule has 1 N–H and O–H groups in total. The highest BCUT2D eigenvalue weighted by molar-refractivity contribution is 7.92. The summed E-state index contributed by atoms with van der Waals surface area (Å²) in [4.78, 5) is 30.2. The Morgan fingerprint density at radius 2 is 1.50 bits per heavy atom. The quantitative estimate of drug-likeness (QED) is 0.172. The van der Waals surface area contributed by atoms with Gasteiger partial charge in [0.1, 0.15) is 12.6 Å². The molecule has 1 aliphatic carbocycles. The summed E-state index contributed by atoms with van der Waals surface area (Å²) in [6.07, 6.45) is 4.03. The number of aryl methyl sites for hydroxylation is 1. The van der Waals surface area contributed by atoms with Crippen LogP contribution in [-0.4, -0.2) is 43.8 Å². The number of carbonyl (C=O) groups is 2. The fourth-order valence-corrected chi connectivity index (χ4v) is 7.62. The molecule has 46 heavy (non-hydrogen) atoms. The smallest absolute Gasteiger partial charge is 0.264 e. The summed E-state index contributed by atoms with van der Waals surface area (Å²) in [7, 11) is -4.16. The molecule has 4 aromatic rings. The molecule has 0 unspecified atom stereocenters. The monoisotopic (exact) mass is 677 g/mol. The van der Waals surface area contributed by atoms with E-state index in [0.29, 0.717) is 21.3 Å².